The van der Waals surface area contributed by atoms with Crippen molar-refractivity contribution in [1.82, 2.24) is 0 Å². The molecule has 2 saturated heterocycles. The number of hydrogen-bond acceptors (Lipinski definition) is 12. The molecule has 2 heterocycles. The molecule has 0 bridgehead atoms. The maximum atomic E-state index is 9.97. The predicted molar refractivity (Wildman–Crippen MR) is 70.1 cm³/mol. The number of aliphatic hydroxyl groups excluding tert-OH is 7. The number of rotatable bonds is 5. The molecule has 0 aromatic rings. The van der Waals surface area contributed by atoms with Gasteiger partial charge in [0.2, 0.25) is 0 Å². The summed E-state index contributed by atoms with van der Waals surface area (Å²) in [5, 5.41) is 76.2. The van der Waals surface area contributed by atoms with Crippen LogP contribution in [-0.2, 0) is 19.1 Å². The lowest BCUT2D eigenvalue weighted by molar-refractivity contribution is -0.365. The molecule has 0 unspecified atom stereocenters. The monoisotopic (exact) mass is 358 g/mol. The molecule has 0 spiro atoms. The van der Waals surface area contributed by atoms with E-state index in [1.54, 1.807) is 0 Å². The van der Waals surface area contributed by atoms with Gasteiger partial charge < -0.3 is 50.0 Å². The van der Waals surface area contributed by atoms with Crippen molar-refractivity contribution in [1.29, 1.82) is 0 Å². The molecule has 8 N–H and O–H groups in total. The first-order chi connectivity index (χ1) is 11.3. The summed E-state index contributed by atoms with van der Waals surface area (Å²) < 4.78 is 15.3. The largest absolute Gasteiger partial charge is 0.394 e. The smallest absolute Gasteiger partial charge is 0.187 e. The van der Waals surface area contributed by atoms with Crippen molar-refractivity contribution in [3.8, 4) is 0 Å². The number of aliphatic hydroxyl groups is 7. The molecular formula is C12H22O12. The Hall–Kier alpha value is -0.480. The zero-order chi connectivity index (χ0) is 18.0. The van der Waals surface area contributed by atoms with Crippen LogP contribution in [0.15, 0.2) is 0 Å². The molecule has 12 nitrogen and oxygen atoms in total. The molecule has 142 valence electrons. The van der Waals surface area contributed by atoms with Gasteiger partial charge in [-0.1, -0.05) is 0 Å². The van der Waals surface area contributed by atoms with Crippen LogP contribution >= 0.6 is 0 Å². The van der Waals surface area contributed by atoms with Crippen molar-refractivity contribution in [3.05, 3.63) is 0 Å². The molecule has 0 aliphatic carbocycles. The Morgan fingerprint density at radius 3 is 2.00 bits per heavy atom. The second-order valence-corrected chi connectivity index (χ2v) is 5.64. The molecule has 10 atom stereocenters. The van der Waals surface area contributed by atoms with Gasteiger partial charge in [0.15, 0.2) is 12.6 Å². The van der Waals surface area contributed by atoms with Crippen LogP contribution in [0.25, 0.3) is 0 Å². The van der Waals surface area contributed by atoms with E-state index in [4.69, 9.17) is 19.5 Å². The Morgan fingerprint density at radius 1 is 0.750 bits per heavy atom. The zero-order valence-electron chi connectivity index (χ0n) is 12.4. The van der Waals surface area contributed by atoms with E-state index in [0.717, 1.165) is 0 Å². The Bertz CT molecular complexity index is 394. The highest BCUT2D eigenvalue weighted by Crippen LogP contribution is 2.28. The molecule has 0 radical (unpaired) electrons. The van der Waals surface area contributed by atoms with E-state index in [9.17, 15) is 35.7 Å². The molecule has 0 saturated carbocycles. The third-order valence-corrected chi connectivity index (χ3v) is 4.04. The summed E-state index contributed by atoms with van der Waals surface area (Å²) in [4.78, 5) is 3.85. The first-order valence-corrected chi connectivity index (χ1v) is 7.23. The second kappa shape index (κ2) is 8.27. The summed E-state index contributed by atoms with van der Waals surface area (Å²) in [5.41, 5.74) is 0. The summed E-state index contributed by atoms with van der Waals surface area (Å²) in [6.45, 7) is -1.23. The van der Waals surface area contributed by atoms with E-state index < -0.39 is 74.6 Å². The molecule has 0 amide bonds. The van der Waals surface area contributed by atoms with Gasteiger partial charge in [-0.05, 0) is 0 Å². The first-order valence-electron chi connectivity index (χ1n) is 7.23. The third kappa shape index (κ3) is 3.85. The van der Waals surface area contributed by atoms with Gasteiger partial charge in [-0.25, -0.2) is 4.89 Å². The summed E-state index contributed by atoms with van der Waals surface area (Å²) in [5.74, 6) is 0. The summed E-state index contributed by atoms with van der Waals surface area (Å²) >= 11 is 0. The van der Waals surface area contributed by atoms with Crippen molar-refractivity contribution in [2.45, 2.75) is 61.4 Å². The quantitative estimate of drug-likeness (QED) is 0.172. The maximum Gasteiger partial charge on any atom is 0.187 e. The van der Waals surface area contributed by atoms with Crippen molar-refractivity contribution in [2.75, 3.05) is 13.2 Å². The van der Waals surface area contributed by atoms with Crippen molar-refractivity contribution in [2.24, 2.45) is 0 Å². The molecule has 2 aliphatic heterocycles. The lowest BCUT2D eigenvalue weighted by atomic mass is 9.97. The average Bonchev–Trinajstić information content (AvgIpc) is 2.57. The highest BCUT2D eigenvalue weighted by Gasteiger charge is 2.50. The van der Waals surface area contributed by atoms with Crippen LogP contribution in [0.2, 0.25) is 0 Å². The lowest BCUT2D eigenvalue weighted by Gasteiger charge is -2.45. The summed E-state index contributed by atoms with van der Waals surface area (Å²) in [6, 6.07) is 0. The van der Waals surface area contributed by atoms with Gasteiger partial charge in [-0.15, -0.1) is 0 Å². The molecule has 12 heteroatoms. The van der Waals surface area contributed by atoms with Crippen LogP contribution < -0.4 is 0 Å². The normalized spacial score (nSPS) is 50.0. The Labute approximate surface area is 135 Å². The van der Waals surface area contributed by atoms with Crippen LogP contribution in [0.4, 0.5) is 0 Å². The fourth-order valence-corrected chi connectivity index (χ4v) is 2.63. The SMILES string of the molecule is OC[C@H]1O[C@@H](O)[C@H](O)[C@@H](O)[C@@H]1O[C@@H]1O[C@H](COO)[C@@H](O)[C@H](O)[C@H]1O. The minimum absolute atomic E-state index is 0.542. The van der Waals surface area contributed by atoms with Gasteiger partial charge in [0.1, 0.15) is 55.4 Å². The van der Waals surface area contributed by atoms with Crippen molar-refractivity contribution < 1.29 is 60.1 Å². The van der Waals surface area contributed by atoms with Gasteiger partial charge in [-0.2, -0.15) is 0 Å². The molecular weight excluding hydrogens is 336 g/mol. The fraction of sp³-hybridized carbons (Fsp3) is 1.00. The topological polar surface area (TPSA) is 199 Å². The maximum absolute atomic E-state index is 9.97. The lowest BCUT2D eigenvalue weighted by Crippen LogP contribution is -2.64. The van der Waals surface area contributed by atoms with Crippen LogP contribution in [0, 0.1) is 0 Å². The first kappa shape index (κ1) is 19.8. The van der Waals surface area contributed by atoms with E-state index in [1.807, 2.05) is 0 Å². The molecule has 2 fully saturated rings. The van der Waals surface area contributed by atoms with E-state index in [2.05, 4.69) is 4.89 Å². The van der Waals surface area contributed by atoms with Gasteiger partial charge in [-0.3, -0.25) is 5.26 Å². The summed E-state index contributed by atoms with van der Waals surface area (Å²) in [6.07, 6.45) is -15.8. The Balaban J connectivity index is 2.11. The van der Waals surface area contributed by atoms with Gasteiger partial charge in [0, 0.05) is 0 Å². The van der Waals surface area contributed by atoms with E-state index >= 15 is 0 Å². The van der Waals surface area contributed by atoms with Crippen molar-refractivity contribution in [3.63, 3.8) is 0 Å². The van der Waals surface area contributed by atoms with Gasteiger partial charge in [0.25, 0.3) is 0 Å². The third-order valence-electron chi connectivity index (χ3n) is 4.04. The molecule has 0 aromatic carbocycles. The Morgan fingerprint density at radius 2 is 1.42 bits per heavy atom. The minimum Gasteiger partial charge on any atom is -0.394 e. The number of hydrogen-bond donors (Lipinski definition) is 8. The Kier molecular flexibility index (Phi) is 6.83. The molecule has 0 aromatic heterocycles. The standard InChI is InChI=1S/C12H22O12/c13-1-3-10(7(16)8(17)11(19)22-3)24-12-9(18)6(15)5(14)4(23-12)2-21-20/h3-20H,1-2H2/t3-,4-,5-,6+,7-,8-,9-,10-,11-,12+/m1/s1. The van der Waals surface area contributed by atoms with Gasteiger partial charge >= 0.3 is 0 Å². The highest BCUT2D eigenvalue weighted by molar-refractivity contribution is 4.93. The second-order valence-electron chi connectivity index (χ2n) is 5.64. The van der Waals surface area contributed by atoms with Gasteiger partial charge in [0.05, 0.1) is 6.61 Å². The predicted octanol–water partition coefficient (Wildman–Crippen LogP) is -4.90. The van der Waals surface area contributed by atoms with E-state index in [1.165, 1.54) is 0 Å². The summed E-state index contributed by atoms with van der Waals surface area (Å²) in [7, 11) is 0. The zero-order valence-corrected chi connectivity index (χ0v) is 12.4. The molecule has 2 aliphatic rings. The minimum atomic E-state index is -1.75. The fourth-order valence-electron chi connectivity index (χ4n) is 2.63. The van der Waals surface area contributed by atoms with Crippen LogP contribution in [0.3, 0.4) is 0 Å². The average molecular weight is 358 g/mol. The van der Waals surface area contributed by atoms with E-state index in [0.29, 0.717) is 0 Å². The van der Waals surface area contributed by atoms with Crippen LogP contribution in [0.1, 0.15) is 0 Å². The van der Waals surface area contributed by atoms with E-state index in [-0.39, 0.29) is 0 Å². The van der Waals surface area contributed by atoms with Crippen LogP contribution in [0.5, 0.6) is 0 Å². The molecule has 2 rings (SSSR count). The number of ether oxygens (including phenoxy) is 3. The highest BCUT2D eigenvalue weighted by atomic mass is 17.1. The van der Waals surface area contributed by atoms with Crippen LogP contribution in [-0.4, -0.2) is 116 Å². The molecule has 24 heavy (non-hydrogen) atoms. The van der Waals surface area contributed by atoms with Crippen molar-refractivity contribution >= 4 is 0 Å².